The molecule has 1 aliphatic rings. The topological polar surface area (TPSA) is 94.6 Å². The highest BCUT2D eigenvalue weighted by Crippen LogP contribution is 2.22. The second-order valence-corrected chi connectivity index (χ2v) is 6.80. The fourth-order valence-electron chi connectivity index (χ4n) is 2.97. The lowest BCUT2D eigenvalue weighted by Crippen LogP contribution is -2.39. The molecule has 0 unspecified atom stereocenters. The van der Waals surface area contributed by atoms with E-state index in [0.29, 0.717) is 17.8 Å². The molecule has 8 heteroatoms. The molecular formula is C20H23N5O3. The van der Waals surface area contributed by atoms with E-state index < -0.39 is 6.03 Å². The van der Waals surface area contributed by atoms with Crippen LogP contribution in [-0.2, 0) is 11.2 Å². The van der Waals surface area contributed by atoms with Crippen molar-refractivity contribution in [3.05, 3.63) is 53.9 Å². The average molecular weight is 381 g/mol. The first-order valence-electron chi connectivity index (χ1n) is 9.02. The maximum absolute atomic E-state index is 12.6. The Labute approximate surface area is 163 Å². The van der Waals surface area contributed by atoms with Crippen LogP contribution >= 0.6 is 0 Å². The largest absolute Gasteiger partial charge is 0.329 e. The summed E-state index contributed by atoms with van der Waals surface area (Å²) in [5.41, 5.74) is 2.96. The third kappa shape index (κ3) is 4.11. The predicted octanol–water partition coefficient (Wildman–Crippen LogP) is 2.54. The van der Waals surface area contributed by atoms with Crippen molar-refractivity contribution < 1.29 is 14.4 Å². The van der Waals surface area contributed by atoms with Crippen LogP contribution in [0.1, 0.15) is 18.2 Å². The first kappa shape index (κ1) is 19.3. The summed E-state index contributed by atoms with van der Waals surface area (Å²) in [6.07, 6.45) is 2.38. The molecule has 146 valence electrons. The molecule has 0 bridgehead atoms. The van der Waals surface area contributed by atoms with Crippen molar-refractivity contribution in [1.29, 1.82) is 0 Å². The average Bonchev–Trinajstić information content (AvgIpc) is 3.01. The first-order chi connectivity index (χ1) is 13.4. The number of hydrogen-bond donors (Lipinski definition) is 2. The summed E-state index contributed by atoms with van der Waals surface area (Å²) in [5.74, 6) is -0.329. The van der Waals surface area contributed by atoms with Crippen LogP contribution in [0.2, 0.25) is 0 Å². The highest BCUT2D eigenvalue weighted by atomic mass is 16.2. The molecule has 2 heterocycles. The van der Waals surface area contributed by atoms with Gasteiger partial charge in [0.2, 0.25) is 0 Å². The molecule has 2 N–H and O–H groups in total. The summed E-state index contributed by atoms with van der Waals surface area (Å²) in [7, 11) is 1.72. The van der Waals surface area contributed by atoms with Gasteiger partial charge in [-0.3, -0.25) is 9.78 Å². The Balaban J connectivity index is 1.67. The molecular weight excluding hydrogens is 358 g/mol. The van der Waals surface area contributed by atoms with Crippen LogP contribution in [0.3, 0.4) is 0 Å². The summed E-state index contributed by atoms with van der Waals surface area (Å²) >= 11 is 0. The molecule has 1 fully saturated rings. The van der Waals surface area contributed by atoms with Gasteiger partial charge < -0.3 is 15.5 Å². The molecule has 0 radical (unpaired) electrons. The molecule has 8 nitrogen and oxygen atoms in total. The molecule has 0 aliphatic carbocycles. The number of pyridine rings is 1. The molecule has 0 saturated carbocycles. The molecule has 5 amide bonds. The standard InChI is InChI=1S/C20H23N5O3/c1-13-6-5-9-21-17(13)10-14(2)24(3)20(28)23-15-7-4-8-16(11-15)25-18(26)12-22-19(25)27/h4-9,11,14H,10,12H2,1-3H3,(H,22,27)(H,23,28)/t14-/m1/s1. The molecule has 2 aromatic rings. The summed E-state index contributed by atoms with van der Waals surface area (Å²) in [5, 5.41) is 5.29. The molecule has 1 aromatic carbocycles. The zero-order valence-electron chi connectivity index (χ0n) is 16.1. The maximum atomic E-state index is 12.6. The molecule has 1 aliphatic heterocycles. The van der Waals surface area contributed by atoms with Crippen LogP contribution in [-0.4, -0.2) is 47.5 Å². The van der Waals surface area contributed by atoms with Gasteiger partial charge in [0.25, 0.3) is 5.91 Å². The van der Waals surface area contributed by atoms with Crippen molar-refractivity contribution in [1.82, 2.24) is 15.2 Å². The second-order valence-electron chi connectivity index (χ2n) is 6.80. The van der Waals surface area contributed by atoms with E-state index in [1.165, 1.54) is 0 Å². The Hall–Kier alpha value is -3.42. The minimum atomic E-state index is -0.468. The number of anilines is 2. The van der Waals surface area contributed by atoms with E-state index in [2.05, 4.69) is 15.6 Å². The Morgan fingerprint density at radius 3 is 2.79 bits per heavy atom. The summed E-state index contributed by atoms with van der Waals surface area (Å²) in [4.78, 5) is 43.3. The van der Waals surface area contributed by atoms with Crippen molar-refractivity contribution in [2.24, 2.45) is 0 Å². The number of hydrogen-bond acceptors (Lipinski definition) is 4. The van der Waals surface area contributed by atoms with Gasteiger partial charge in [0.15, 0.2) is 0 Å². The van der Waals surface area contributed by atoms with Crippen LogP contribution in [0.15, 0.2) is 42.6 Å². The number of benzene rings is 1. The fraction of sp³-hybridized carbons (Fsp3) is 0.300. The Morgan fingerprint density at radius 1 is 1.32 bits per heavy atom. The highest BCUT2D eigenvalue weighted by molar-refractivity contribution is 6.20. The number of carbonyl (C=O) groups is 3. The summed E-state index contributed by atoms with van der Waals surface area (Å²) < 4.78 is 0. The summed E-state index contributed by atoms with van der Waals surface area (Å²) in [6, 6.07) is 9.71. The summed E-state index contributed by atoms with van der Waals surface area (Å²) in [6.45, 7) is 3.93. The first-order valence-corrected chi connectivity index (χ1v) is 9.02. The Kier molecular flexibility index (Phi) is 5.58. The van der Waals surface area contributed by atoms with Gasteiger partial charge in [0.1, 0.15) is 0 Å². The maximum Gasteiger partial charge on any atom is 0.329 e. The lowest BCUT2D eigenvalue weighted by atomic mass is 10.1. The van der Waals surface area contributed by atoms with Gasteiger partial charge >= 0.3 is 12.1 Å². The number of aromatic nitrogens is 1. The molecule has 0 spiro atoms. The molecule has 3 rings (SSSR count). The van der Waals surface area contributed by atoms with Gasteiger partial charge in [-0.1, -0.05) is 12.1 Å². The number of rotatable bonds is 5. The number of imide groups is 1. The van der Waals surface area contributed by atoms with Gasteiger partial charge in [0.05, 0.1) is 12.2 Å². The monoisotopic (exact) mass is 381 g/mol. The van der Waals surface area contributed by atoms with Gasteiger partial charge in [-0.15, -0.1) is 0 Å². The lowest BCUT2D eigenvalue weighted by Gasteiger charge is -2.25. The lowest BCUT2D eigenvalue weighted by molar-refractivity contribution is -0.115. The van der Waals surface area contributed by atoms with E-state index in [1.807, 2.05) is 26.0 Å². The zero-order valence-corrected chi connectivity index (χ0v) is 16.1. The molecule has 28 heavy (non-hydrogen) atoms. The van der Waals surface area contributed by atoms with Crippen molar-refractivity contribution in [3.63, 3.8) is 0 Å². The number of amides is 5. The minimum absolute atomic E-state index is 0.0252. The van der Waals surface area contributed by atoms with Crippen molar-refractivity contribution in [3.8, 4) is 0 Å². The Morgan fingerprint density at radius 2 is 2.11 bits per heavy atom. The quantitative estimate of drug-likeness (QED) is 0.778. The van der Waals surface area contributed by atoms with Gasteiger partial charge in [-0.05, 0) is 43.7 Å². The smallest absolute Gasteiger partial charge is 0.328 e. The zero-order chi connectivity index (χ0) is 20.3. The van der Waals surface area contributed by atoms with Crippen molar-refractivity contribution in [2.75, 3.05) is 23.8 Å². The number of carbonyl (C=O) groups excluding carboxylic acids is 3. The third-order valence-electron chi connectivity index (χ3n) is 4.79. The number of likely N-dealkylation sites (N-methyl/N-ethyl adjacent to an activating group) is 1. The normalized spacial score (nSPS) is 14.6. The fourth-order valence-corrected chi connectivity index (χ4v) is 2.97. The number of nitrogens with one attached hydrogen (secondary N) is 2. The van der Waals surface area contributed by atoms with Crippen LogP contribution in [0, 0.1) is 6.92 Å². The van der Waals surface area contributed by atoms with Crippen LogP contribution < -0.4 is 15.5 Å². The number of urea groups is 2. The van der Waals surface area contributed by atoms with E-state index >= 15 is 0 Å². The highest BCUT2D eigenvalue weighted by Gasteiger charge is 2.30. The SMILES string of the molecule is Cc1cccnc1C[C@@H](C)N(C)C(=O)Nc1cccc(N2C(=O)CNC2=O)c1. The van der Waals surface area contributed by atoms with Gasteiger partial charge in [0, 0.05) is 37.1 Å². The van der Waals surface area contributed by atoms with E-state index in [0.717, 1.165) is 16.2 Å². The minimum Gasteiger partial charge on any atom is -0.328 e. The van der Waals surface area contributed by atoms with E-state index in [1.54, 1.807) is 42.4 Å². The molecule has 1 atom stereocenters. The van der Waals surface area contributed by atoms with Gasteiger partial charge in [-0.2, -0.15) is 0 Å². The van der Waals surface area contributed by atoms with Gasteiger partial charge in [-0.25, -0.2) is 14.5 Å². The predicted molar refractivity (Wildman–Crippen MR) is 106 cm³/mol. The van der Waals surface area contributed by atoms with Crippen molar-refractivity contribution >= 4 is 29.3 Å². The van der Waals surface area contributed by atoms with E-state index in [9.17, 15) is 14.4 Å². The van der Waals surface area contributed by atoms with Crippen LogP contribution in [0.5, 0.6) is 0 Å². The molecule has 1 aromatic heterocycles. The van der Waals surface area contributed by atoms with E-state index in [4.69, 9.17) is 0 Å². The molecule has 1 saturated heterocycles. The van der Waals surface area contributed by atoms with E-state index in [-0.39, 0.29) is 24.5 Å². The number of nitrogens with zero attached hydrogens (tertiary/aromatic N) is 3. The second kappa shape index (κ2) is 8.08. The number of aryl methyl sites for hydroxylation is 1. The van der Waals surface area contributed by atoms with Crippen LogP contribution in [0.25, 0.3) is 0 Å². The third-order valence-corrected chi connectivity index (χ3v) is 4.79. The Bertz CT molecular complexity index is 898. The van der Waals surface area contributed by atoms with Crippen LogP contribution in [0.4, 0.5) is 21.0 Å². The van der Waals surface area contributed by atoms with Crippen molar-refractivity contribution in [2.45, 2.75) is 26.3 Å².